The molecule has 1 unspecified atom stereocenters. The van der Waals surface area contributed by atoms with E-state index in [9.17, 15) is 8.42 Å². The van der Waals surface area contributed by atoms with Gasteiger partial charge in [0.2, 0.25) is 10.0 Å². The number of nitrogens with one attached hydrogen (secondary N) is 1. The zero-order valence-electron chi connectivity index (χ0n) is 17.1. The molecule has 0 radical (unpaired) electrons. The molecule has 3 aromatic carbocycles. The maximum atomic E-state index is 13.3. The van der Waals surface area contributed by atoms with Crippen LogP contribution < -0.4 is 4.72 Å². The Hall–Kier alpha value is -2.51. The smallest absolute Gasteiger partial charge is 0.241 e. The first-order valence-electron chi connectivity index (χ1n) is 10.4. The lowest BCUT2D eigenvalue weighted by Crippen LogP contribution is -2.40. The molecule has 1 aromatic heterocycles. The second kappa shape index (κ2) is 8.55. The fourth-order valence-electron chi connectivity index (χ4n) is 4.40. The Morgan fingerprint density at radius 1 is 0.935 bits per heavy atom. The van der Waals surface area contributed by atoms with Crippen molar-refractivity contribution in [3.8, 4) is 0 Å². The van der Waals surface area contributed by atoms with Crippen molar-refractivity contribution in [2.24, 2.45) is 0 Å². The van der Waals surface area contributed by atoms with Crippen molar-refractivity contribution in [3.63, 3.8) is 0 Å². The Morgan fingerprint density at radius 3 is 2.55 bits per heavy atom. The molecular weight excluding hydrogens is 424 g/mol. The highest BCUT2D eigenvalue weighted by atomic mass is 32.2. The van der Waals surface area contributed by atoms with Gasteiger partial charge >= 0.3 is 0 Å². The van der Waals surface area contributed by atoms with Crippen molar-refractivity contribution in [3.05, 3.63) is 100 Å². The number of sulfonamides is 1. The maximum absolute atomic E-state index is 13.3. The Balaban J connectivity index is 1.42. The fourth-order valence-corrected chi connectivity index (χ4v) is 6.38. The van der Waals surface area contributed by atoms with Crippen molar-refractivity contribution in [1.82, 2.24) is 9.62 Å². The molecule has 0 bridgehead atoms. The molecule has 4 nitrogen and oxygen atoms in total. The SMILES string of the molecule is O=S(=O)(NCC(c1ccsc1)N1CCc2ccccc2C1)c1cccc2ccccc12. The Bertz CT molecular complexity index is 1290. The lowest BCUT2D eigenvalue weighted by atomic mass is 9.97. The summed E-state index contributed by atoms with van der Waals surface area (Å²) in [6, 6.07) is 23.6. The van der Waals surface area contributed by atoms with Crippen LogP contribution in [-0.4, -0.2) is 26.4 Å². The molecular formula is C25H24N2O2S2. The molecule has 6 heteroatoms. The van der Waals surface area contributed by atoms with E-state index in [2.05, 4.69) is 50.7 Å². The summed E-state index contributed by atoms with van der Waals surface area (Å²) < 4.78 is 29.5. The molecule has 5 rings (SSSR count). The van der Waals surface area contributed by atoms with Crippen LogP contribution >= 0.6 is 11.3 Å². The van der Waals surface area contributed by atoms with Crippen molar-refractivity contribution in [2.45, 2.75) is 23.9 Å². The summed E-state index contributed by atoms with van der Waals surface area (Å²) >= 11 is 1.65. The standard InChI is InChI=1S/C25H24N2O2S2/c28-31(29,25-11-5-9-20-7-3-4-10-23(20)25)26-16-24(22-13-15-30-18-22)27-14-12-19-6-1-2-8-21(19)17-27/h1-11,13,15,18,24,26H,12,14,16-17H2. The average Bonchev–Trinajstić information content (AvgIpc) is 3.33. The van der Waals surface area contributed by atoms with Gasteiger partial charge in [-0.15, -0.1) is 0 Å². The van der Waals surface area contributed by atoms with Crippen LogP contribution in [0.5, 0.6) is 0 Å². The normalized spacial score (nSPS) is 15.6. The van der Waals surface area contributed by atoms with Crippen molar-refractivity contribution in [1.29, 1.82) is 0 Å². The summed E-state index contributed by atoms with van der Waals surface area (Å²) in [4.78, 5) is 2.72. The maximum Gasteiger partial charge on any atom is 0.241 e. The summed E-state index contributed by atoms with van der Waals surface area (Å²) in [5.74, 6) is 0. The predicted molar refractivity (Wildman–Crippen MR) is 127 cm³/mol. The topological polar surface area (TPSA) is 49.4 Å². The number of benzene rings is 3. The lowest BCUT2D eigenvalue weighted by Gasteiger charge is -2.35. The lowest BCUT2D eigenvalue weighted by molar-refractivity contribution is 0.181. The van der Waals surface area contributed by atoms with E-state index in [1.807, 2.05) is 30.3 Å². The first kappa shape index (κ1) is 20.4. The summed E-state index contributed by atoms with van der Waals surface area (Å²) in [5, 5.41) is 5.85. The summed E-state index contributed by atoms with van der Waals surface area (Å²) in [6.07, 6.45) is 0.979. The van der Waals surface area contributed by atoms with Gasteiger partial charge in [0, 0.05) is 31.1 Å². The monoisotopic (exact) mass is 448 g/mol. The molecule has 158 valence electrons. The molecule has 0 aliphatic carbocycles. The minimum atomic E-state index is -3.65. The highest BCUT2D eigenvalue weighted by Gasteiger charge is 2.27. The molecule has 0 saturated carbocycles. The molecule has 2 heterocycles. The van der Waals surface area contributed by atoms with E-state index >= 15 is 0 Å². The van der Waals surface area contributed by atoms with Crippen LogP contribution in [0, 0.1) is 0 Å². The van der Waals surface area contributed by atoms with Gasteiger partial charge in [-0.3, -0.25) is 4.90 Å². The number of thiophene rings is 1. The fraction of sp³-hybridized carbons (Fsp3) is 0.200. The van der Waals surface area contributed by atoms with Gasteiger partial charge in [0.25, 0.3) is 0 Å². The van der Waals surface area contributed by atoms with Gasteiger partial charge in [-0.2, -0.15) is 11.3 Å². The number of rotatable bonds is 6. The van der Waals surface area contributed by atoms with E-state index in [0.717, 1.165) is 35.8 Å². The first-order chi connectivity index (χ1) is 15.1. The molecule has 0 amide bonds. The number of fused-ring (bicyclic) bond motifs is 2. The highest BCUT2D eigenvalue weighted by molar-refractivity contribution is 7.89. The number of hydrogen-bond donors (Lipinski definition) is 1. The molecule has 0 spiro atoms. The predicted octanol–water partition coefficient (Wildman–Crippen LogP) is 4.98. The molecule has 1 aliphatic rings. The van der Waals surface area contributed by atoms with Gasteiger partial charge in [0.05, 0.1) is 4.90 Å². The minimum Gasteiger partial charge on any atom is -0.290 e. The van der Waals surface area contributed by atoms with E-state index < -0.39 is 10.0 Å². The van der Waals surface area contributed by atoms with E-state index in [4.69, 9.17) is 0 Å². The average molecular weight is 449 g/mol. The van der Waals surface area contributed by atoms with E-state index in [1.54, 1.807) is 23.5 Å². The Morgan fingerprint density at radius 2 is 1.71 bits per heavy atom. The molecule has 31 heavy (non-hydrogen) atoms. The van der Waals surface area contributed by atoms with Gasteiger partial charge in [-0.1, -0.05) is 60.7 Å². The van der Waals surface area contributed by atoms with Crippen LogP contribution in [0.15, 0.2) is 88.5 Å². The van der Waals surface area contributed by atoms with E-state index in [-0.39, 0.29) is 6.04 Å². The van der Waals surface area contributed by atoms with Crippen LogP contribution in [0.3, 0.4) is 0 Å². The van der Waals surface area contributed by atoms with E-state index in [0.29, 0.717) is 11.4 Å². The Labute approximate surface area is 187 Å². The quantitative estimate of drug-likeness (QED) is 0.453. The first-order valence-corrected chi connectivity index (χ1v) is 12.8. The van der Waals surface area contributed by atoms with Crippen molar-refractivity contribution >= 4 is 32.1 Å². The number of hydrogen-bond acceptors (Lipinski definition) is 4. The molecule has 1 N–H and O–H groups in total. The third kappa shape index (κ3) is 4.16. The summed E-state index contributed by atoms with van der Waals surface area (Å²) in [5.41, 5.74) is 3.87. The summed E-state index contributed by atoms with van der Waals surface area (Å²) in [6.45, 7) is 2.07. The van der Waals surface area contributed by atoms with Gasteiger partial charge in [-0.05, 0) is 51.4 Å². The number of nitrogens with zero attached hydrogens (tertiary/aromatic N) is 1. The third-order valence-corrected chi connectivity index (χ3v) is 8.22. The molecule has 1 atom stereocenters. The molecule has 4 aromatic rings. The molecule has 0 fully saturated rings. The van der Waals surface area contributed by atoms with Crippen LogP contribution in [0.1, 0.15) is 22.7 Å². The van der Waals surface area contributed by atoms with Crippen molar-refractivity contribution < 1.29 is 8.42 Å². The minimum absolute atomic E-state index is 0.00985. The molecule has 0 saturated heterocycles. The van der Waals surface area contributed by atoms with Gasteiger partial charge in [0.15, 0.2) is 0 Å². The second-order valence-corrected chi connectivity index (χ2v) is 10.4. The van der Waals surface area contributed by atoms with Crippen molar-refractivity contribution in [2.75, 3.05) is 13.1 Å². The Kier molecular flexibility index (Phi) is 5.63. The molecule has 1 aliphatic heterocycles. The zero-order chi connectivity index (χ0) is 21.3. The summed E-state index contributed by atoms with van der Waals surface area (Å²) in [7, 11) is -3.65. The van der Waals surface area contributed by atoms with Gasteiger partial charge in [0.1, 0.15) is 0 Å². The highest BCUT2D eigenvalue weighted by Crippen LogP contribution is 2.30. The van der Waals surface area contributed by atoms with Crippen LogP contribution in [-0.2, 0) is 23.0 Å². The van der Waals surface area contributed by atoms with Crippen LogP contribution in [0.25, 0.3) is 10.8 Å². The van der Waals surface area contributed by atoms with Gasteiger partial charge in [-0.25, -0.2) is 13.1 Å². The largest absolute Gasteiger partial charge is 0.290 e. The zero-order valence-corrected chi connectivity index (χ0v) is 18.7. The second-order valence-electron chi connectivity index (χ2n) is 7.89. The van der Waals surface area contributed by atoms with Crippen LogP contribution in [0.4, 0.5) is 0 Å². The van der Waals surface area contributed by atoms with E-state index in [1.165, 1.54) is 11.1 Å². The third-order valence-electron chi connectivity index (χ3n) is 6.03. The van der Waals surface area contributed by atoms with Crippen LogP contribution in [0.2, 0.25) is 0 Å². The van der Waals surface area contributed by atoms with Gasteiger partial charge < -0.3 is 0 Å².